The summed E-state index contributed by atoms with van der Waals surface area (Å²) in [5.41, 5.74) is -1.36. The van der Waals surface area contributed by atoms with Gasteiger partial charge in [-0.1, -0.05) is 19.3 Å². The van der Waals surface area contributed by atoms with Crippen LogP contribution in [0.5, 0.6) is 0 Å². The standard InChI is InChI=1S/C14H28N2O4S/c1-21(19,20)15-11-14(18)7-8-16(10-13(14)17)9-12-5-3-2-4-6-12/h12-13,15,17-18H,2-11H2,1H3/t13-,14-/m1/s1. The maximum Gasteiger partial charge on any atom is 0.208 e. The normalized spacial score (nSPS) is 33.2. The van der Waals surface area contributed by atoms with Crippen molar-refractivity contribution in [3.05, 3.63) is 0 Å². The molecule has 0 amide bonds. The molecule has 0 aromatic carbocycles. The lowest BCUT2D eigenvalue weighted by molar-refractivity contribution is -0.116. The van der Waals surface area contributed by atoms with Gasteiger partial charge in [0.1, 0.15) is 5.60 Å². The van der Waals surface area contributed by atoms with Gasteiger partial charge < -0.3 is 15.1 Å². The second kappa shape index (κ2) is 6.91. The Morgan fingerprint density at radius 2 is 1.95 bits per heavy atom. The number of likely N-dealkylation sites (tertiary alicyclic amines) is 1. The lowest BCUT2D eigenvalue weighted by atomic mass is 9.85. The van der Waals surface area contributed by atoms with Crippen LogP contribution in [-0.4, -0.2) is 67.7 Å². The molecule has 0 radical (unpaired) electrons. The summed E-state index contributed by atoms with van der Waals surface area (Å²) in [6.45, 7) is 1.98. The highest BCUT2D eigenvalue weighted by Crippen LogP contribution is 2.27. The molecule has 0 aromatic heterocycles. The van der Waals surface area contributed by atoms with Crippen LogP contribution in [0.2, 0.25) is 0 Å². The minimum atomic E-state index is -3.36. The third-order valence-corrected chi connectivity index (χ3v) is 5.46. The van der Waals surface area contributed by atoms with E-state index in [4.69, 9.17) is 0 Å². The van der Waals surface area contributed by atoms with Crippen molar-refractivity contribution < 1.29 is 18.6 Å². The van der Waals surface area contributed by atoms with E-state index in [9.17, 15) is 18.6 Å². The molecule has 2 rings (SSSR count). The van der Waals surface area contributed by atoms with Crippen LogP contribution in [-0.2, 0) is 10.0 Å². The summed E-state index contributed by atoms with van der Waals surface area (Å²) in [5, 5.41) is 20.6. The van der Waals surface area contributed by atoms with Gasteiger partial charge in [-0.15, -0.1) is 0 Å². The molecule has 3 N–H and O–H groups in total. The first-order valence-electron chi connectivity index (χ1n) is 7.86. The number of aliphatic hydroxyl groups excluding tert-OH is 1. The van der Waals surface area contributed by atoms with E-state index in [1.54, 1.807) is 0 Å². The van der Waals surface area contributed by atoms with Crippen LogP contribution in [0.3, 0.4) is 0 Å². The van der Waals surface area contributed by atoms with Crippen LogP contribution in [0.1, 0.15) is 38.5 Å². The average molecular weight is 320 g/mol. The largest absolute Gasteiger partial charge is 0.389 e. The quantitative estimate of drug-likeness (QED) is 0.659. The Labute approximate surface area is 127 Å². The number of rotatable bonds is 5. The second-order valence-electron chi connectivity index (χ2n) is 6.73. The van der Waals surface area contributed by atoms with E-state index < -0.39 is 21.7 Å². The van der Waals surface area contributed by atoms with Crippen molar-refractivity contribution in [2.24, 2.45) is 5.92 Å². The average Bonchev–Trinajstić information content (AvgIpc) is 2.42. The van der Waals surface area contributed by atoms with Gasteiger partial charge in [0.05, 0.1) is 12.4 Å². The Balaban J connectivity index is 1.83. The van der Waals surface area contributed by atoms with Crippen molar-refractivity contribution in [1.29, 1.82) is 0 Å². The molecule has 0 unspecified atom stereocenters. The minimum Gasteiger partial charge on any atom is -0.389 e. The number of hydrogen-bond acceptors (Lipinski definition) is 5. The first kappa shape index (κ1) is 17.1. The Hall–Kier alpha value is -0.210. The van der Waals surface area contributed by atoms with Crippen molar-refractivity contribution in [2.75, 3.05) is 32.4 Å². The highest BCUT2D eigenvalue weighted by Gasteiger charge is 2.41. The topological polar surface area (TPSA) is 89.9 Å². The van der Waals surface area contributed by atoms with Gasteiger partial charge in [0.25, 0.3) is 0 Å². The van der Waals surface area contributed by atoms with Gasteiger partial charge in [-0.05, 0) is 25.2 Å². The van der Waals surface area contributed by atoms with Crippen molar-refractivity contribution in [1.82, 2.24) is 9.62 Å². The van der Waals surface area contributed by atoms with Crippen LogP contribution in [0.15, 0.2) is 0 Å². The van der Waals surface area contributed by atoms with Crippen molar-refractivity contribution >= 4 is 10.0 Å². The van der Waals surface area contributed by atoms with E-state index >= 15 is 0 Å². The summed E-state index contributed by atoms with van der Waals surface area (Å²) in [6, 6.07) is 0. The maximum absolute atomic E-state index is 11.1. The SMILES string of the molecule is CS(=O)(=O)NC[C@]1(O)CCN(CC2CCCCC2)C[C@H]1O. The Kier molecular flexibility index (Phi) is 5.65. The molecule has 6 nitrogen and oxygen atoms in total. The summed E-state index contributed by atoms with van der Waals surface area (Å²) >= 11 is 0. The number of nitrogens with one attached hydrogen (secondary N) is 1. The molecule has 0 spiro atoms. The van der Waals surface area contributed by atoms with E-state index in [1.807, 2.05) is 0 Å². The van der Waals surface area contributed by atoms with Gasteiger partial charge in [-0.3, -0.25) is 0 Å². The predicted octanol–water partition coefficient (Wildman–Crippen LogP) is -0.0864. The van der Waals surface area contributed by atoms with Gasteiger partial charge in [0.15, 0.2) is 0 Å². The van der Waals surface area contributed by atoms with Gasteiger partial charge in [0, 0.05) is 26.2 Å². The van der Waals surface area contributed by atoms with Crippen LogP contribution in [0, 0.1) is 5.92 Å². The monoisotopic (exact) mass is 320 g/mol. The molecule has 1 saturated carbocycles. The summed E-state index contributed by atoms with van der Waals surface area (Å²) < 4.78 is 24.6. The number of hydrogen-bond donors (Lipinski definition) is 3. The smallest absolute Gasteiger partial charge is 0.208 e. The molecule has 124 valence electrons. The number of aliphatic hydroxyl groups is 2. The fourth-order valence-electron chi connectivity index (χ4n) is 3.39. The highest BCUT2D eigenvalue weighted by atomic mass is 32.2. The molecule has 0 aromatic rings. The first-order chi connectivity index (χ1) is 9.78. The molecule has 2 atom stereocenters. The Bertz CT molecular complexity index is 436. The Morgan fingerprint density at radius 3 is 2.52 bits per heavy atom. The zero-order valence-electron chi connectivity index (χ0n) is 12.8. The maximum atomic E-state index is 11.1. The number of nitrogens with zero attached hydrogens (tertiary/aromatic N) is 1. The Morgan fingerprint density at radius 1 is 1.29 bits per heavy atom. The zero-order valence-corrected chi connectivity index (χ0v) is 13.6. The summed E-state index contributed by atoms with van der Waals surface area (Å²) in [5.74, 6) is 0.700. The molecular weight excluding hydrogens is 292 g/mol. The van der Waals surface area contributed by atoms with Gasteiger partial charge >= 0.3 is 0 Å². The summed E-state index contributed by atoms with van der Waals surface area (Å²) in [7, 11) is -3.36. The van der Waals surface area contributed by atoms with Crippen LogP contribution < -0.4 is 4.72 Å². The van der Waals surface area contributed by atoms with Crippen molar-refractivity contribution in [3.8, 4) is 0 Å². The van der Waals surface area contributed by atoms with E-state index in [0.717, 1.165) is 12.8 Å². The van der Waals surface area contributed by atoms with Crippen LogP contribution >= 0.6 is 0 Å². The lowest BCUT2D eigenvalue weighted by Crippen LogP contribution is -2.60. The van der Waals surface area contributed by atoms with Gasteiger partial charge in [-0.25, -0.2) is 13.1 Å². The molecule has 7 heteroatoms. The van der Waals surface area contributed by atoms with Crippen molar-refractivity contribution in [2.45, 2.75) is 50.2 Å². The number of sulfonamides is 1. The molecule has 2 aliphatic rings. The molecule has 1 aliphatic heterocycles. The fourth-order valence-corrected chi connectivity index (χ4v) is 3.90. The van der Waals surface area contributed by atoms with Crippen LogP contribution in [0.25, 0.3) is 0 Å². The lowest BCUT2D eigenvalue weighted by Gasteiger charge is -2.43. The fraction of sp³-hybridized carbons (Fsp3) is 1.00. The molecule has 2 fully saturated rings. The summed E-state index contributed by atoms with van der Waals surface area (Å²) in [6.07, 6.45) is 6.97. The molecule has 0 bridgehead atoms. The van der Waals surface area contributed by atoms with E-state index in [2.05, 4.69) is 9.62 Å². The molecule has 1 heterocycles. The number of piperidine rings is 1. The first-order valence-corrected chi connectivity index (χ1v) is 9.75. The minimum absolute atomic E-state index is 0.121. The van der Waals surface area contributed by atoms with E-state index in [-0.39, 0.29) is 6.54 Å². The van der Waals surface area contributed by atoms with Crippen molar-refractivity contribution in [3.63, 3.8) is 0 Å². The predicted molar refractivity (Wildman–Crippen MR) is 81.4 cm³/mol. The molecule has 1 saturated heterocycles. The zero-order chi connectivity index (χ0) is 15.5. The second-order valence-corrected chi connectivity index (χ2v) is 8.56. The summed E-state index contributed by atoms with van der Waals surface area (Å²) in [4.78, 5) is 2.20. The molecule has 1 aliphatic carbocycles. The third-order valence-electron chi connectivity index (χ3n) is 4.79. The van der Waals surface area contributed by atoms with Crippen LogP contribution in [0.4, 0.5) is 0 Å². The van der Waals surface area contributed by atoms with E-state index in [1.165, 1.54) is 32.1 Å². The highest BCUT2D eigenvalue weighted by molar-refractivity contribution is 7.88. The molecular formula is C14H28N2O4S. The van der Waals surface area contributed by atoms with Gasteiger partial charge in [-0.2, -0.15) is 0 Å². The number of β-amino-alcohol motifs (C(OH)–C–C–N with tert-alkyl or cyclic N) is 1. The van der Waals surface area contributed by atoms with E-state index in [0.29, 0.717) is 25.4 Å². The third kappa shape index (κ3) is 5.17. The molecule has 21 heavy (non-hydrogen) atoms. The van der Waals surface area contributed by atoms with Gasteiger partial charge in [0.2, 0.25) is 10.0 Å².